The Kier molecular flexibility index (Phi) is 5.00. The first kappa shape index (κ1) is 18.9. The van der Waals surface area contributed by atoms with E-state index in [4.69, 9.17) is 0 Å². The minimum Gasteiger partial charge on any atom is -0.320 e. The first-order valence-electron chi connectivity index (χ1n) is 7.65. The van der Waals surface area contributed by atoms with Crippen LogP contribution >= 0.6 is 0 Å². The number of benzene rings is 1. The van der Waals surface area contributed by atoms with Crippen molar-refractivity contribution in [3.05, 3.63) is 64.7 Å². The van der Waals surface area contributed by atoms with E-state index < -0.39 is 26.5 Å². The molecule has 0 unspecified atom stereocenters. The number of sulfonamides is 1. The number of aromatic nitrogens is 4. The Hall–Kier alpha value is -3.87. The smallest absolute Gasteiger partial charge is 0.320 e. The molecule has 0 bridgehead atoms. The van der Waals surface area contributed by atoms with Crippen molar-refractivity contribution >= 4 is 33.3 Å². The Morgan fingerprint density at radius 1 is 1.18 bits per heavy atom. The summed E-state index contributed by atoms with van der Waals surface area (Å²) in [7, 11) is -2.52. The molecule has 0 aliphatic rings. The van der Waals surface area contributed by atoms with Crippen molar-refractivity contribution in [3.8, 4) is 0 Å². The number of anilines is 2. The summed E-state index contributed by atoms with van der Waals surface area (Å²) in [6.45, 7) is 0. The van der Waals surface area contributed by atoms with Crippen LogP contribution < -0.4 is 10.0 Å². The number of amides is 1. The van der Waals surface area contributed by atoms with Gasteiger partial charge >= 0.3 is 5.69 Å². The van der Waals surface area contributed by atoms with Crippen LogP contribution in [0.25, 0.3) is 0 Å². The largest absolute Gasteiger partial charge is 0.320 e. The Bertz CT molecular complexity index is 1130. The van der Waals surface area contributed by atoms with Gasteiger partial charge in [-0.3, -0.25) is 19.6 Å². The molecule has 0 radical (unpaired) electrons. The molecule has 12 nitrogen and oxygen atoms in total. The molecule has 3 rings (SSSR count). The predicted molar refractivity (Wildman–Crippen MR) is 97.1 cm³/mol. The summed E-state index contributed by atoms with van der Waals surface area (Å²) < 4.78 is 27.9. The molecule has 1 amide bonds. The van der Waals surface area contributed by atoms with Crippen LogP contribution in [0.15, 0.2) is 53.8 Å². The van der Waals surface area contributed by atoms with Gasteiger partial charge in [0.25, 0.3) is 15.9 Å². The molecule has 0 fully saturated rings. The van der Waals surface area contributed by atoms with Gasteiger partial charge in [-0.05, 0) is 30.3 Å². The lowest BCUT2D eigenvalue weighted by atomic mass is 10.3. The number of nitrogens with zero attached hydrogens (tertiary/aromatic N) is 5. The monoisotopic (exact) mass is 403 g/mol. The maximum Gasteiger partial charge on any atom is 0.320 e. The van der Waals surface area contributed by atoms with E-state index in [2.05, 4.69) is 25.1 Å². The van der Waals surface area contributed by atoms with Crippen molar-refractivity contribution in [1.82, 2.24) is 19.7 Å². The van der Waals surface area contributed by atoms with Crippen molar-refractivity contribution in [2.45, 2.75) is 4.90 Å². The lowest BCUT2D eigenvalue weighted by molar-refractivity contribution is -0.385. The predicted octanol–water partition coefficient (Wildman–Crippen LogP) is 1.17. The van der Waals surface area contributed by atoms with Gasteiger partial charge in [0, 0.05) is 25.1 Å². The number of hydrogen-bond acceptors (Lipinski definition) is 8. The third kappa shape index (κ3) is 3.93. The number of nitrogens with one attached hydrogen (secondary N) is 2. The molecular formula is C15H13N7O5S. The second kappa shape index (κ2) is 7.40. The number of rotatable bonds is 6. The van der Waals surface area contributed by atoms with Crippen molar-refractivity contribution in [1.29, 1.82) is 0 Å². The summed E-state index contributed by atoms with van der Waals surface area (Å²) in [5.74, 6) is -0.832. The van der Waals surface area contributed by atoms with Crippen LogP contribution in [0.2, 0.25) is 0 Å². The average Bonchev–Trinajstić information content (AvgIpc) is 3.04. The number of nitro groups is 1. The maximum absolute atomic E-state index is 12.3. The Morgan fingerprint density at radius 3 is 2.43 bits per heavy atom. The normalized spacial score (nSPS) is 11.0. The zero-order valence-corrected chi connectivity index (χ0v) is 15.1. The van der Waals surface area contributed by atoms with Gasteiger partial charge in [0.05, 0.1) is 9.82 Å². The zero-order valence-electron chi connectivity index (χ0n) is 14.3. The second-order valence-corrected chi connectivity index (χ2v) is 7.10. The highest BCUT2D eigenvalue weighted by Crippen LogP contribution is 2.20. The molecular weight excluding hydrogens is 390 g/mol. The van der Waals surface area contributed by atoms with Gasteiger partial charge < -0.3 is 5.32 Å². The van der Waals surface area contributed by atoms with E-state index >= 15 is 0 Å². The minimum absolute atomic E-state index is 0.0792. The molecule has 0 aliphatic carbocycles. The Balaban J connectivity index is 1.77. The van der Waals surface area contributed by atoms with Gasteiger partial charge in [0.15, 0.2) is 0 Å². The summed E-state index contributed by atoms with van der Waals surface area (Å²) in [5, 5.41) is 17.2. The van der Waals surface area contributed by atoms with E-state index in [1.165, 1.54) is 43.7 Å². The highest BCUT2D eigenvalue weighted by atomic mass is 32.2. The fourth-order valence-corrected chi connectivity index (χ4v) is 3.22. The van der Waals surface area contributed by atoms with E-state index in [-0.39, 0.29) is 22.2 Å². The molecule has 0 spiro atoms. The van der Waals surface area contributed by atoms with Gasteiger partial charge in [0.2, 0.25) is 11.6 Å². The Morgan fingerprint density at radius 2 is 1.82 bits per heavy atom. The molecule has 0 saturated heterocycles. The topological polar surface area (TPSA) is 162 Å². The average molecular weight is 403 g/mol. The molecule has 0 aliphatic heterocycles. The summed E-state index contributed by atoms with van der Waals surface area (Å²) in [6.07, 6.45) is 3.75. The zero-order chi connectivity index (χ0) is 20.3. The molecule has 3 aromatic rings. The van der Waals surface area contributed by atoms with E-state index in [0.29, 0.717) is 0 Å². The van der Waals surface area contributed by atoms with Gasteiger partial charge in [0.1, 0.15) is 6.20 Å². The molecule has 0 saturated carbocycles. The van der Waals surface area contributed by atoms with Crippen molar-refractivity contribution < 1.29 is 18.1 Å². The maximum atomic E-state index is 12.3. The molecule has 13 heteroatoms. The molecule has 1 aromatic carbocycles. The van der Waals surface area contributed by atoms with Crippen LogP contribution in [-0.2, 0) is 17.1 Å². The first-order valence-corrected chi connectivity index (χ1v) is 9.14. The van der Waals surface area contributed by atoms with Gasteiger partial charge in [-0.1, -0.05) is 0 Å². The van der Waals surface area contributed by atoms with Crippen LogP contribution in [0, 0.1) is 10.1 Å². The molecule has 2 N–H and O–H groups in total. The third-order valence-electron chi connectivity index (χ3n) is 3.55. The van der Waals surface area contributed by atoms with Crippen LogP contribution in [-0.4, -0.2) is 39.0 Å². The summed E-state index contributed by atoms with van der Waals surface area (Å²) in [6, 6.07) is 6.76. The SMILES string of the molecule is Cn1ncc([N+](=O)[O-])c1C(=O)Nc1ccc(S(=O)(=O)Nc2ncccn2)cc1. The molecule has 2 heterocycles. The van der Waals surface area contributed by atoms with Crippen molar-refractivity contribution in [2.75, 3.05) is 10.0 Å². The van der Waals surface area contributed by atoms with Crippen LogP contribution in [0.3, 0.4) is 0 Å². The number of carbonyl (C=O) groups is 1. The second-order valence-electron chi connectivity index (χ2n) is 5.42. The van der Waals surface area contributed by atoms with Crippen LogP contribution in [0.4, 0.5) is 17.3 Å². The lowest BCUT2D eigenvalue weighted by Crippen LogP contribution is -2.18. The van der Waals surface area contributed by atoms with E-state index in [9.17, 15) is 23.3 Å². The molecule has 0 atom stereocenters. The summed E-state index contributed by atoms with van der Waals surface area (Å²) in [5.41, 5.74) is -0.425. The van der Waals surface area contributed by atoms with Gasteiger partial charge in [-0.15, -0.1) is 0 Å². The highest BCUT2D eigenvalue weighted by molar-refractivity contribution is 7.92. The molecule has 2 aromatic heterocycles. The van der Waals surface area contributed by atoms with Crippen LogP contribution in [0.5, 0.6) is 0 Å². The van der Waals surface area contributed by atoms with Gasteiger partial charge in [-0.2, -0.15) is 5.10 Å². The lowest BCUT2D eigenvalue weighted by Gasteiger charge is -2.08. The quantitative estimate of drug-likeness (QED) is 0.458. The fourth-order valence-electron chi connectivity index (χ4n) is 2.26. The third-order valence-corrected chi connectivity index (χ3v) is 4.89. The van der Waals surface area contributed by atoms with E-state index in [1.807, 2.05) is 0 Å². The first-order chi connectivity index (χ1) is 13.3. The number of hydrogen-bond donors (Lipinski definition) is 2. The fraction of sp³-hybridized carbons (Fsp3) is 0.0667. The number of carbonyl (C=O) groups excluding carboxylic acids is 1. The summed E-state index contributed by atoms with van der Waals surface area (Å²) in [4.78, 5) is 30.1. The van der Waals surface area contributed by atoms with Gasteiger partial charge in [-0.25, -0.2) is 23.1 Å². The van der Waals surface area contributed by atoms with Crippen molar-refractivity contribution in [3.63, 3.8) is 0 Å². The summed E-state index contributed by atoms with van der Waals surface area (Å²) >= 11 is 0. The van der Waals surface area contributed by atoms with Crippen LogP contribution in [0.1, 0.15) is 10.5 Å². The molecule has 28 heavy (non-hydrogen) atoms. The standard InChI is InChI=1S/C15H13N7O5S/c1-21-13(12(9-18-21)22(24)25)14(23)19-10-3-5-11(6-4-10)28(26,27)20-15-16-7-2-8-17-15/h2-9H,1H3,(H,19,23)(H,16,17,20). The highest BCUT2D eigenvalue weighted by Gasteiger charge is 2.25. The van der Waals surface area contributed by atoms with E-state index in [1.54, 1.807) is 6.07 Å². The number of aryl methyl sites for hydroxylation is 1. The Labute approximate surface area is 158 Å². The molecule has 144 valence electrons. The van der Waals surface area contributed by atoms with Crippen molar-refractivity contribution in [2.24, 2.45) is 7.05 Å². The minimum atomic E-state index is -3.92. The van der Waals surface area contributed by atoms with E-state index in [0.717, 1.165) is 10.9 Å².